The van der Waals surface area contributed by atoms with E-state index in [1.54, 1.807) is 13.2 Å². The van der Waals surface area contributed by atoms with E-state index >= 15 is 0 Å². The molecule has 2 aromatic rings. The third-order valence-corrected chi connectivity index (χ3v) is 3.62. The molecule has 6 nitrogen and oxygen atoms in total. The maximum atomic E-state index is 6.27. The Bertz CT molecular complexity index is 712. The molecule has 2 heterocycles. The maximum Gasteiger partial charge on any atom is 0.216 e. The van der Waals surface area contributed by atoms with Crippen molar-refractivity contribution in [3.63, 3.8) is 0 Å². The van der Waals surface area contributed by atoms with Gasteiger partial charge < -0.3 is 15.5 Å². The molecule has 0 amide bonds. The number of pyridine rings is 2. The molecule has 24 heavy (non-hydrogen) atoms. The molecule has 0 atom stereocenters. The van der Waals surface area contributed by atoms with Crippen molar-refractivity contribution in [2.24, 2.45) is 11.6 Å². The summed E-state index contributed by atoms with van der Waals surface area (Å²) in [6, 6.07) is 9.62. The fraction of sp³-hybridized carbons (Fsp3) is 0.333. The van der Waals surface area contributed by atoms with E-state index < -0.39 is 0 Å². The van der Waals surface area contributed by atoms with Gasteiger partial charge in [0.2, 0.25) is 5.88 Å². The predicted molar refractivity (Wildman–Crippen MR) is 95.8 cm³/mol. The molecule has 4 N–H and O–H groups in total. The highest BCUT2D eigenvalue weighted by Gasteiger charge is 2.13. The van der Waals surface area contributed by atoms with Crippen molar-refractivity contribution in [2.45, 2.75) is 26.7 Å². The second-order valence-corrected chi connectivity index (χ2v) is 5.64. The second kappa shape index (κ2) is 8.31. The van der Waals surface area contributed by atoms with E-state index in [1.807, 2.05) is 37.3 Å². The molecule has 128 valence electrons. The number of aromatic nitrogens is 2. The predicted octanol–water partition coefficient (Wildman–Crippen LogP) is 2.25. The van der Waals surface area contributed by atoms with Gasteiger partial charge in [0, 0.05) is 24.5 Å². The summed E-state index contributed by atoms with van der Waals surface area (Å²) in [6.07, 6.45) is 3.65. The third-order valence-electron chi connectivity index (χ3n) is 3.62. The minimum absolute atomic E-state index is 0.224. The van der Waals surface area contributed by atoms with Gasteiger partial charge in [0.05, 0.1) is 17.1 Å². The van der Waals surface area contributed by atoms with Crippen molar-refractivity contribution >= 4 is 5.70 Å². The average Bonchev–Trinajstić information content (AvgIpc) is 2.56. The molecule has 0 radical (unpaired) electrons. The normalized spacial score (nSPS) is 11.8. The minimum Gasteiger partial charge on any atom is -0.471 e. The van der Waals surface area contributed by atoms with Gasteiger partial charge in [-0.3, -0.25) is 4.98 Å². The number of hydrazine groups is 1. The number of nitrogens with zero attached hydrogens (tertiary/aromatic N) is 3. The van der Waals surface area contributed by atoms with E-state index in [1.165, 1.54) is 5.01 Å². The number of hydrogen-bond donors (Lipinski definition) is 2. The minimum atomic E-state index is 0.224. The summed E-state index contributed by atoms with van der Waals surface area (Å²) in [5.74, 6) is 6.56. The number of likely N-dealkylation sites (N-methyl/N-ethyl adjacent to an activating group) is 1. The van der Waals surface area contributed by atoms with Crippen LogP contribution in [0.3, 0.4) is 0 Å². The van der Waals surface area contributed by atoms with E-state index in [2.05, 4.69) is 16.9 Å². The van der Waals surface area contributed by atoms with E-state index in [-0.39, 0.29) is 6.61 Å². The topological polar surface area (TPSA) is 90.3 Å². The van der Waals surface area contributed by atoms with Gasteiger partial charge >= 0.3 is 0 Å². The first-order valence-corrected chi connectivity index (χ1v) is 8.00. The standard InChI is InChI=1S/C18H25N5O/c1-4-7-14-9-6-11-21-18(14)24-12-16(23(3)20)17(19)15-10-5-8-13(2)22-15/h5-6,8-11H,4,7,12,19-20H2,1-3H3/b17-16-. The summed E-state index contributed by atoms with van der Waals surface area (Å²) < 4.78 is 5.89. The summed E-state index contributed by atoms with van der Waals surface area (Å²) in [5.41, 5.74) is 10.1. The van der Waals surface area contributed by atoms with Crippen LogP contribution in [0, 0.1) is 6.92 Å². The highest BCUT2D eigenvalue weighted by molar-refractivity contribution is 5.62. The molecule has 2 aromatic heterocycles. The number of rotatable bonds is 7. The Kier molecular flexibility index (Phi) is 6.14. The van der Waals surface area contributed by atoms with Crippen LogP contribution < -0.4 is 16.3 Å². The fourth-order valence-electron chi connectivity index (χ4n) is 2.36. The first kappa shape index (κ1) is 17.7. The Morgan fingerprint density at radius 3 is 2.71 bits per heavy atom. The Hall–Kier alpha value is -2.60. The molecular weight excluding hydrogens is 302 g/mol. The lowest BCUT2D eigenvalue weighted by atomic mass is 10.1. The lowest BCUT2D eigenvalue weighted by molar-refractivity contribution is 0.284. The molecule has 0 fully saturated rings. The zero-order valence-corrected chi connectivity index (χ0v) is 14.5. The summed E-state index contributed by atoms with van der Waals surface area (Å²) in [5, 5.41) is 1.46. The summed E-state index contributed by atoms with van der Waals surface area (Å²) in [7, 11) is 1.73. The number of nitrogens with two attached hydrogens (primary N) is 2. The Morgan fingerprint density at radius 1 is 1.25 bits per heavy atom. The SMILES string of the molecule is CCCc1cccnc1OC/C(=C(/N)c1cccc(C)n1)N(C)N. The van der Waals surface area contributed by atoms with E-state index in [9.17, 15) is 0 Å². The molecule has 0 bridgehead atoms. The fourth-order valence-corrected chi connectivity index (χ4v) is 2.36. The second-order valence-electron chi connectivity index (χ2n) is 5.64. The van der Waals surface area contributed by atoms with Gasteiger partial charge in [0.25, 0.3) is 0 Å². The highest BCUT2D eigenvalue weighted by Crippen LogP contribution is 2.19. The van der Waals surface area contributed by atoms with E-state index in [0.717, 1.165) is 24.1 Å². The van der Waals surface area contributed by atoms with Crippen LogP contribution in [0.15, 0.2) is 42.2 Å². The molecule has 6 heteroatoms. The van der Waals surface area contributed by atoms with Crippen LogP contribution in [0.5, 0.6) is 5.88 Å². The Morgan fingerprint density at radius 2 is 2.04 bits per heavy atom. The summed E-state index contributed by atoms with van der Waals surface area (Å²) >= 11 is 0. The molecule has 0 spiro atoms. The third kappa shape index (κ3) is 4.45. The Balaban J connectivity index is 2.25. The molecule has 0 saturated heterocycles. The van der Waals surface area contributed by atoms with E-state index in [0.29, 0.717) is 23.0 Å². The van der Waals surface area contributed by atoms with Gasteiger partial charge in [-0.1, -0.05) is 25.5 Å². The monoisotopic (exact) mass is 327 g/mol. The quantitative estimate of drug-likeness (QED) is 0.599. The van der Waals surface area contributed by atoms with Crippen LogP contribution in [0.4, 0.5) is 0 Å². The van der Waals surface area contributed by atoms with Crippen molar-refractivity contribution in [1.29, 1.82) is 0 Å². The van der Waals surface area contributed by atoms with Crippen molar-refractivity contribution in [3.8, 4) is 5.88 Å². The van der Waals surface area contributed by atoms with Gasteiger partial charge in [0.1, 0.15) is 6.61 Å². The Labute approximate surface area is 143 Å². The van der Waals surface area contributed by atoms with Crippen LogP contribution in [-0.4, -0.2) is 28.6 Å². The summed E-state index contributed by atoms with van der Waals surface area (Å²) in [6.45, 7) is 4.27. The van der Waals surface area contributed by atoms with Gasteiger partial charge in [-0.2, -0.15) is 0 Å². The summed E-state index contributed by atoms with van der Waals surface area (Å²) in [4.78, 5) is 8.76. The molecule has 2 rings (SSSR count). The molecule has 0 saturated carbocycles. The van der Waals surface area contributed by atoms with Crippen LogP contribution >= 0.6 is 0 Å². The molecule has 0 unspecified atom stereocenters. The van der Waals surface area contributed by atoms with Crippen molar-refractivity contribution in [2.75, 3.05) is 13.7 Å². The number of aryl methyl sites for hydroxylation is 2. The highest BCUT2D eigenvalue weighted by atomic mass is 16.5. The van der Waals surface area contributed by atoms with Crippen molar-refractivity contribution in [1.82, 2.24) is 15.0 Å². The maximum absolute atomic E-state index is 6.27. The zero-order chi connectivity index (χ0) is 17.5. The first-order chi connectivity index (χ1) is 11.5. The average molecular weight is 327 g/mol. The van der Waals surface area contributed by atoms with Crippen LogP contribution in [0.2, 0.25) is 0 Å². The van der Waals surface area contributed by atoms with Gasteiger partial charge in [-0.15, -0.1) is 0 Å². The molecule has 0 aliphatic heterocycles. The number of ether oxygens (including phenoxy) is 1. The smallest absolute Gasteiger partial charge is 0.216 e. The zero-order valence-electron chi connectivity index (χ0n) is 14.5. The molecular formula is C18H25N5O. The van der Waals surface area contributed by atoms with Crippen LogP contribution in [0.1, 0.15) is 30.3 Å². The molecule has 0 aliphatic rings. The van der Waals surface area contributed by atoms with E-state index in [4.69, 9.17) is 16.3 Å². The van der Waals surface area contributed by atoms with Gasteiger partial charge in [-0.05, 0) is 31.5 Å². The van der Waals surface area contributed by atoms with Crippen molar-refractivity contribution in [3.05, 3.63) is 59.2 Å². The van der Waals surface area contributed by atoms with Gasteiger partial charge in [0.15, 0.2) is 0 Å². The number of hydrogen-bond acceptors (Lipinski definition) is 6. The first-order valence-electron chi connectivity index (χ1n) is 8.00. The largest absolute Gasteiger partial charge is 0.471 e. The van der Waals surface area contributed by atoms with Gasteiger partial charge in [-0.25, -0.2) is 10.8 Å². The lowest BCUT2D eigenvalue weighted by Gasteiger charge is -2.20. The molecule has 0 aliphatic carbocycles. The molecule has 0 aromatic carbocycles. The lowest BCUT2D eigenvalue weighted by Crippen LogP contribution is -2.31. The van der Waals surface area contributed by atoms with Crippen LogP contribution in [-0.2, 0) is 6.42 Å². The van der Waals surface area contributed by atoms with Crippen molar-refractivity contribution < 1.29 is 4.74 Å². The van der Waals surface area contributed by atoms with Crippen LogP contribution in [0.25, 0.3) is 5.70 Å².